The number of benzene rings is 1. The summed E-state index contributed by atoms with van der Waals surface area (Å²) in [6.45, 7) is 0. The van der Waals surface area contributed by atoms with Crippen LogP contribution in [-0.4, -0.2) is 27.8 Å². The van der Waals surface area contributed by atoms with Crippen LogP contribution in [-0.2, 0) is 4.79 Å². The lowest BCUT2D eigenvalue weighted by Crippen LogP contribution is -2.37. The molecule has 22 heavy (non-hydrogen) atoms. The van der Waals surface area contributed by atoms with E-state index < -0.39 is 10.5 Å². The van der Waals surface area contributed by atoms with Gasteiger partial charge in [-0.1, -0.05) is 19.3 Å². The maximum atomic E-state index is 11.8. The normalized spacial score (nSPS) is 17.3. The molecule has 1 amide bonds. The summed E-state index contributed by atoms with van der Waals surface area (Å²) >= 11 is 0. The first kappa shape index (κ1) is 16.1. The Morgan fingerprint density at radius 3 is 2.55 bits per heavy atom. The Labute approximate surface area is 128 Å². The second-order valence-corrected chi connectivity index (χ2v) is 5.60. The Balaban J connectivity index is 1.83. The van der Waals surface area contributed by atoms with Crippen molar-refractivity contribution in [3.63, 3.8) is 0 Å². The predicted molar refractivity (Wildman–Crippen MR) is 81.5 cm³/mol. The molecule has 7 heteroatoms. The number of carbonyl (C=O) groups excluding carboxylic acids is 1. The number of carbonyl (C=O) groups is 1. The van der Waals surface area contributed by atoms with Crippen LogP contribution in [0.3, 0.4) is 0 Å². The lowest BCUT2D eigenvalue weighted by atomic mass is 9.82. The summed E-state index contributed by atoms with van der Waals surface area (Å²) in [5, 5.41) is 24.6. The van der Waals surface area contributed by atoms with Crippen LogP contribution in [0.2, 0.25) is 0 Å². The van der Waals surface area contributed by atoms with Crippen molar-refractivity contribution < 1.29 is 14.8 Å². The van der Waals surface area contributed by atoms with Crippen LogP contribution < -0.4 is 5.43 Å². The highest BCUT2D eigenvalue weighted by Gasteiger charge is 2.31. The Hall–Kier alpha value is -2.28. The van der Waals surface area contributed by atoms with E-state index in [0.717, 1.165) is 19.3 Å². The van der Waals surface area contributed by atoms with E-state index in [1.54, 1.807) is 12.1 Å². The van der Waals surface area contributed by atoms with Crippen molar-refractivity contribution in [3.05, 3.63) is 39.9 Å². The van der Waals surface area contributed by atoms with Gasteiger partial charge in [-0.25, -0.2) is 5.43 Å². The third kappa shape index (κ3) is 4.63. The number of nitrogens with one attached hydrogen (secondary N) is 1. The minimum absolute atomic E-state index is 0.000654. The van der Waals surface area contributed by atoms with E-state index in [0.29, 0.717) is 18.4 Å². The van der Waals surface area contributed by atoms with Crippen LogP contribution in [0.25, 0.3) is 0 Å². The highest BCUT2D eigenvalue weighted by Crippen LogP contribution is 2.30. The molecule has 0 aromatic heterocycles. The first-order chi connectivity index (χ1) is 10.5. The Bertz CT molecular complexity index is 563. The molecule has 0 spiro atoms. The molecule has 1 aromatic rings. The maximum Gasteiger partial charge on any atom is 0.269 e. The van der Waals surface area contributed by atoms with Gasteiger partial charge in [0, 0.05) is 12.1 Å². The fraction of sp³-hybridized carbons (Fsp3) is 0.467. The predicted octanol–water partition coefficient (Wildman–Crippen LogP) is 2.13. The number of nitro groups is 1. The number of nitro benzene ring substituents is 1. The summed E-state index contributed by atoms with van der Waals surface area (Å²) in [6.07, 6.45) is 5.73. The topological polar surface area (TPSA) is 105 Å². The van der Waals surface area contributed by atoms with E-state index in [2.05, 4.69) is 10.5 Å². The van der Waals surface area contributed by atoms with Crippen molar-refractivity contribution in [1.29, 1.82) is 0 Å². The fourth-order valence-electron chi connectivity index (χ4n) is 2.59. The molecule has 1 aliphatic rings. The number of aliphatic hydroxyl groups is 1. The van der Waals surface area contributed by atoms with E-state index >= 15 is 0 Å². The smallest absolute Gasteiger partial charge is 0.269 e. The molecule has 1 aliphatic carbocycles. The third-order valence-electron chi connectivity index (χ3n) is 3.78. The van der Waals surface area contributed by atoms with Gasteiger partial charge in [-0.05, 0) is 30.5 Å². The molecule has 2 N–H and O–H groups in total. The van der Waals surface area contributed by atoms with Crippen molar-refractivity contribution in [2.75, 3.05) is 0 Å². The molecule has 0 bridgehead atoms. The first-order valence-electron chi connectivity index (χ1n) is 7.27. The second kappa shape index (κ2) is 7.13. The molecule has 2 rings (SSSR count). The quantitative estimate of drug-likeness (QED) is 0.494. The molecule has 7 nitrogen and oxygen atoms in total. The first-order valence-corrected chi connectivity index (χ1v) is 7.27. The molecular weight excluding hydrogens is 286 g/mol. The number of hydrogen-bond acceptors (Lipinski definition) is 5. The van der Waals surface area contributed by atoms with Gasteiger partial charge in [-0.15, -0.1) is 0 Å². The Morgan fingerprint density at radius 2 is 1.95 bits per heavy atom. The van der Waals surface area contributed by atoms with Gasteiger partial charge in [0.25, 0.3) is 5.69 Å². The van der Waals surface area contributed by atoms with E-state index in [-0.39, 0.29) is 18.0 Å². The van der Waals surface area contributed by atoms with Crippen LogP contribution in [0.5, 0.6) is 0 Å². The van der Waals surface area contributed by atoms with E-state index in [4.69, 9.17) is 0 Å². The van der Waals surface area contributed by atoms with Crippen LogP contribution in [0.4, 0.5) is 5.69 Å². The zero-order valence-corrected chi connectivity index (χ0v) is 12.2. The van der Waals surface area contributed by atoms with Crippen LogP contribution in [0.15, 0.2) is 29.4 Å². The average molecular weight is 305 g/mol. The number of amides is 1. The highest BCUT2D eigenvalue weighted by atomic mass is 16.6. The van der Waals surface area contributed by atoms with Crippen molar-refractivity contribution in [2.24, 2.45) is 5.10 Å². The minimum atomic E-state index is -0.911. The summed E-state index contributed by atoms with van der Waals surface area (Å²) in [4.78, 5) is 21.8. The lowest BCUT2D eigenvalue weighted by Gasteiger charge is -2.30. The number of hydrogen-bond donors (Lipinski definition) is 2. The third-order valence-corrected chi connectivity index (χ3v) is 3.78. The number of rotatable bonds is 5. The number of non-ortho nitro benzene ring substituents is 1. The molecule has 1 saturated carbocycles. The summed E-state index contributed by atoms with van der Waals surface area (Å²) in [5.74, 6) is -0.331. The van der Waals surface area contributed by atoms with E-state index in [1.165, 1.54) is 18.3 Å². The van der Waals surface area contributed by atoms with Gasteiger partial charge in [-0.2, -0.15) is 5.10 Å². The van der Waals surface area contributed by atoms with Gasteiger partial charge in [0.1, 0.15) is 0 Å². The number of nitrogens with zero attached hydrogens (tertiary/aromatic N) is 2. The summed E-state index contributed by atoms with van der Waals surface area (Å²) in [5.41, 5.74) is 2.11. The molecule has 0 unspecified atom stereocenters. The Morgan fingerprint density at radius 1 is 1.32 bits per heavy atom. The van der Waals surface area contributed by atoms with Gasteiger partial charge in [0.05, 0.1) is 23.2 Å². The zero-order valence-electron chi connectivity index (χ0n) is 12.2. The molecule has 1 aromatic carbocycles. The maximum absolute atomic E-state index is 11.8. The molecule has 118 valence electrons. The monoisotopic (exact) mass is 305 g/mol. The molecule has 0 aliphatic heterocycles. The SMILES string of the molecule is O=C(CC1(O)CCCCC1)N/N=C/c1ccc([N+](=O)[O-])cc1. The van der Waals surface area contributed by atoms with Crippen molar-refractivity contribution >= 4 is 17.8 Å². The van der Waals surface area contributed by atoms with Crippen molar-refractivity contribution in [2.45, 2.75) is 44.1 Å². The van der Waals surface area contributed by atoms with Crippen LogP contribution in [0.1, 0.15) is 44.1 Å². The highest BCUT2D eigenvalue weighted by molar-refractivity contribution is 5.82. The van der Waals surface area contributed by atoms with Gasteiger partial charge >= 0.3 is 0 Å². The van der Waals surface area contributed by atoms with Crippen LogP contribution >= 0.6 is 0 Å². The van der Waals surface area contributed by atoms with Crippen molar-refractivity contribution in [1.82, 2.24) is 5.43 Å². The minimum Gasteiger partial charge on any atom is -0.389 e. The lowest BCUT2D eigenvalue weighted by molar-refractivity contribution is -0.384. The van der Waals surface area contributed by atoms with Gasteiger partial charge in [0.15, 0.2) is 0 Å². The molecule has 1 fully saturated rings. The zero-order chi connectivity index (χ0) is 16.0. The number of hydrazone groups is 1. The van der Waals surface area contributed by atoms with Gasteiger partial charge in [0.2, 0.25) is 5.91 Å². The van der Waals surface area contributed by atoms with Gasteiger partial charge in [-0.3, -0.25) is 14.9 Å². The summed E-state index contributed by atoms with van der Waals surface area (Å²) in [6, 6.07) is 5.83. The summed E-state index contributed by atoms with van der Waals surface area (Å²) in [7, 11) is 0. The van der Waals surface area contributed by atoms with Crippen LogP contribution in [0, 0.1) is 10.1 Å². The van der Waals surface area contributed by atoms with Crippen molar-refractivity contribution in [3.8, 4) is 0 Å². The van der Waals surface area contributed by atoms with E-state index in [1.807, 2.05) is 0 Å². The fourth-order valence-corrected chi connectivity index (χ4v) is 2.59. The van der Waals surface area contributed by atoms with Gasteiger partial charge < -0.3 is 5.11 Å². The molecule has 0 radical (unpaired) electrons. The second-order valence-electron chi connectivity index (χ2n) is 5.60. The molecular formula is C15H19N3O4. The standard InChI is InChI=1S/C15H19N3O4/c19-14(10-15(20)8-2-1-3-9-15)17-16-11-12-4-6-13(7-5-12)18(21)22/h4-7,11,20H,1-3,8-10H2,(H,17,19)/b16-11+. The average Bonchev–Trinajstić information content (AvgIpc) is 2.48. The molecule has 0 atom stereocenters. The van der Waals surface area contributed by atoms with E-state index in [9.17, 15) is 20.0 Å². The summed E-state index contributed by atoms with van der Waals surface area (Å²) < 4.78 is 0. The Kier molecular flexibility index (Phi) is 5.21. The molecule has 0 heterocycles. The largest absolute Gasteiger partial charge is 0.389 e. The molecule has 0 saturated heterocycles.